The molecule has 2 amide bonds. The Hall–Kier alpha value is -1.45. The molecular formula is C12H13BrN2O5S. The van der Waals surface area contributed by atoms with Crippen molar-refractivity contribution in [2.24, 2.45) is 0 Å². The first kappa shape index (κ1) is 15.9. The van der Waals surface area contributed by atoms with E-state index < -0.39 is 16.0 Å². The quantitative estimate of drug-likeness (QED) is 0.604. The molecule has 0 aliphatic carbocycles. The fraction of sp³-hybridized carbons (Fsp3) is 0.333. The Balaban J connectivity index is 2.31. The van der Waals surface area contributed by atoms with E-state index in [0.717, 1.165) is 11.2 Å². The molecule has 0 saturated carbocycles. The highest BCUT2D eigenvalue weighted by atomic mass is 79.9. The summed E-state index contributed by atoms with van der Waals surface area (Å²) >= 11 is 3.22. The molecule has 1 aromatic rings. The molecule has 1 aromatic carbocycles. The normalized spacial score (nSPS) is 15.9. The zero-order valence-corrected chi connectivity index (χ0v) is 13.5. The average Bonchev–Trinajstić information content (AvgIpc) is 2.39. The maximum Gasteiger partial charge on any atom is 0.306 e. The molecule has 0 atom stereocenters. The van der Waals surface area contributed by atoms with Crippen LogP contribution in [0, 0.1) is 0 Å². The van der Waals surface area contributed by atoms with Crippen LogP contribution in [0.15, 0.2) is 22.7 Å². The monoisotopic (exact) mass is 376 g/mol. The van der Waals surface area contributed by atoms with Crippen molar-refractivity contribution in [3.63, 3.8) is 0 Å². The van der Waals surface area contributed by atoms with Gasteiger partial charge in [-0.2, -0.15) is 8.42 Å². The summed E-state index contributed by atoms with van der Waals surface area (Å²) in [7, 11) is -3.69. The number of amides is 2. The van der Waals surface area contributed by atoms with Crippen molar-refractivity contribution < 1.29 is 22.2 Å². The van der Waals surface area contributed by atoms with E-state index in [4.69, 9.17) is 4.18 Å². The summed E-state index contributed by atoms with van der Waals surface area (Å²) in [6.45, 7) is 0.888. The van der Waals surface area contributed by atoms with Crippen LogP contribution < -0.4 is 9.50 Å². The topological polar surface area (TPSA) is 92.8 Å². The molecule has 1 heterocycles. The number of carbonyl (C=O) groups is 2. The standard InChI is InChI=1S/C12H13BrN2O5S/c1-21(18,19)20-8-2-3-10(13)9(6-8)12(17)15-5-4-14-7-11(15)16/h2-3,6,14H,4-5,7H2,1H3. The van der Waals surface area contributed by atoms with Crippen LogP contribution in [0.3, 0.4) is 0 Å². The summed E-state index contributed by atoms with van der Waals surface area (Å²) in [5.41, 5.74) is 0.173. The van der Waals surface area contributed by atoms with E-state index in [0.29, 0.717) is 11.0 Å². The summed E-state index contributed by atoms with van der Waals surface area (Å²) in [4.78, 5) is 25.3. The number of halogens is 1. The molecule has 114 valence electrons. The van der Waals surface area contributed by atoms with Crippen LogP contribution in [-0.2, 0) is 14.9 Å². The third kappa shape index (κ3) is 4.02. The molecule has 1 N–H and O–H groups in total. The van der Waals surface area contributed by atoms with Gasteiger partial charge in [0.25, 0.3) is 5.91 Å². The minimum atomic E-state index is -3.69. The highest BCUT2D eigenvalue weighted by molar-refractivity contribution is 9.10. The van der Waals surface area contributed by atoms with Crippen LogP contribution in [0.1, 0.15) is 10.4 Å². The van der Waals surface area contributed by atoms with Gasteiger partial charge in [-0.25, -0.2) is 0 Å². The molecule has 1 saturated heterocycles. The fourth-order valence-corrected chi connectivity index (χ4v) is 2.73. The largest absolute Gasteiger partial charge is 0.383 e. The molecular weight excluding hydrogens is 364 g/mol. The second-order valence-electron chi connectivity index (χ2n) is 4.46. The molecule has 1 fully saturated rings. The third-order valence-corrected chi connectivity index (χ3v) is 3.94. The van der Waals surface area contributed by atoms with E-state index in [1.54, 1.807) is 0 Å². The van der Waals surface area contributed by atoms with E-state index >= 15 is 0 Å². The van der Waals surface area contributed by atoms with Gasteiger partial charge in [0.05, 0.1) is 18.4 Å². The van der Waals surface area contributed by atoms with Gasteiger partial charge >= 0.3 is 10.1 Å². The van der Waals surface area contributed by atoms with Gasteiger partial charge in [-0.3, -0.25) is 14.5 Å². The van der Waals surface area contributed by atoms with Gasteiger partial charge in [0.2, 0.25) is 5.91 Å². The van der Waals surface area contributed by atoms with E-state index in [9.17, 15) is 18.0 Å². The minimum Gasteiger partial charge on any atom is -0.383 e. The maximum absolute atomic E-state index is 12.4. The lowest BCUT2D eigenvalue weighted by Crippen LogP contribution is -2.50. The highest BCUT2D eigenvalue weighted by Gasteiger charge is 2.27. The Bertz CT molecular complexity index is 689. The molecule has 0 spiro atoms. The molecule has 9 heteroatoms. The van der Waals surface area contributed by atoms with Crippen LogP contribution in [0.5, 0.6) is 5.75 Å². The van der Waals surface area contributed by atoms with Crippen molar-refractivity contribution >= 4 is 37.9 Å². The Labute approximate surface area is 130 Å². The predicted molar refractivity (Wildman–Crippen MR) is 78.5 cm³/mol. The minimum absolute atomic E-state index is 0.0200. The molecule has 21 heavy (non-hydrogen) atoms. The van der Waals surface area contributed by atoms with Crippen LogP contribution in [0.2, 0.25) is 0 Å². The van der Waals surface area contributed by atoms with E-state index in [1.807, 2.05) is 0 Å². The van der Waals surface area contributed by atoms with E-state index in [-0.39, 0.29) is 30.3 Å². The molecule has 2 rings (SSSR count). The van der Waals surface area contributed by atoms with Crippen molar-refractivity contribution in [2.75, 3.05) is 25.9 Å². The molecule has 1 aliphatic heterocycles. The van der Waals surface area contributed by atoms with Crippen molar-refractivity contribution in [2.45, 2.75) is 0 Å². The van der Waals surface area contributed by atoms with E-state index in [1.165, 1.54) is 18.2 Å². The SMILES string of the molecule is CS(=O)(=O)Oc1ccc(Br)c(C(=O)N2CCNCC2=O)c1. The van der Waals surface area contributed by atoms with Gasteiger partial charge in [-0.05, 0) is 34.1 Å². The van der Waals surface area contributed by atoms with Gasteiger partial charge in [-0.15, -0.1) is 0 Å². The lowest BCUT2D eigenvalue weighted by atomic mass is 10.1. The van der Waals surface area contributed by atoms with Gasteiger partial charge in [0.1, 0.15) is 5.75 Å². The molecule has 0 radical (unpaired) electrons. The van der Waals surface area contributed by atoms with Crippen molar-refractivity contribution in [3.8, 4) is 5.75 Å². The highest BCUT2D eigenvalue weighted by Crippen LogP contribution is 2.25. The fourth-order valence-electron chi connectivity index (χ4n) is 1.86. The smallest absolute Gasteiger partial charge is 0.306 e. The lowest BCUT2D eigenvalue weighted by Gasteiger charge is -2.26. The van der Waals surface area contributed by atoms with Crippen molar-refractivity contribution in [3.05, 3.63) is 28.2 Å². The van der Waals surface area contributed by atoms with Gasteiger partial charge in [0, 0.05) is 17.6 Å². The van der Waals surface area contributed by atoms with Crippen molar-refractivity contribution in [1.29, 1.82) is 0 Å². The number of imide groups is 1. The summed E-state index contributed by atoms with van der Waals surface area (Å²) in [6, 6.07) is 4.21. The number of rotatable bonds is 3. The van der Waals surface area contributed by atoms with Gasteiger partial charge < -0.3 is 9.50 Å². The second kappa shape index (κ2) is 6.12. The number of nitrogens with one attached hydrogen (secondary N) is 1. The first-order chi connectivity index (χ1) is 9.78. The summed E-state index contributed by atoms with van der Waals surface area (Å²) in [5, 5.41) is 2.87. The number of hydrogen-bond acceptors (Lipinski definition) is 6. The van der Waals surface area contributed by atoms with Gasteiger partial charge in [-0.1, -0.05) is 0 Å². The first-order valence-electron chi connectivity index (χ1n) is 6.02. The summed E-state index contributed by atoms with van der Waals surface area (Å²) < 4.78 is 27.5. The molecule has 0 unspecified atom stereocenters. The first-order valence-corrected chi connectivity index (χ1v) is 8.63. The zero-order valence-electron chi connectivity index (χ0n) is 11.1. The van der Waals surface area contributed by atoms with Crippen LogP contribution in [-0.4, -0.2) is 51.0 Å². The summed E-state index contributed by atoms with van der Waals surface area (Å²) in [5.74, 6) is -0.799. The Kier molecular flexibility index (Phi) is 4.64. The Morgan fingerprint density at radius 3 is 2.76 bits per heavy atom. The molecule has 0 bridgehead atoms. The molecule has 1 aliphatic rings. The number of carbonyl (C=O) groups excluding carboxylic acids is 2. The number of hydrogen-bond donors (Lipinski definition) is 1. The average molecular weight is 377 g/mol. The second-order valence-corrected chi connectivity index (χ2v) is 6.89. The van der Waals surface area contributed by atoms with Crippen LogP contribution in [0.25, 0.3) is 0 Å². The number of nitrogens with zero attached hydrogens (tertiary/aromatic N) is 1. The summed E-state index contributed by atoms with van der Waals surface area (Å²) in [6.07, 6.45) is 0.913. The maximum atomic E-state index is 12.4. The Morgan fingerprint density at radius 1 is 1.43 bits per heavy atom. The van der Waals surface area contributed by atoms with Crippen LogP contribution >= 0.6 is 15.9 Å². The predicted octanol–water partition coefficient (Wildman–Crippen LogP) is 0.359. The van der Waals surface area contributed by atoms with Gasteiger partial charge in [0.15, 0.2) is 0 Å². The zero-order chi connectivity index (χ0) is 15.6. The Morgan fingerprint density at radius 2 is 2.14 bits per heavy atom. The molecule has 7 nitrogen and oxygen atoms in total. The third-order valence-electron chi connectivity index (χ3n) is 2.75. The van der Waals surface area contributed by atoms with Crippen LogP contribution in [0.4, 0.5) is 0 Å². The number of benzene rings is 1. The lowest BCUT2D eigenvalue weighted by molar-refractivity contribution is -0.129. The molecule has 0 aromatic heterocycles. The van der Waals surface area contributed by atoms with E-state index in [2.05, 4.69) is 21.2 Å². The van der Waals surface area contributed by atoms with Crippen molar-refractivity contribution in [1.82, 2.24) is 10.2 Å². The number of piperazine rings is 1.